The molecular formula is C20H23FN4O2S. The molecule has 1 aromatic carbocycles. The summed E-state index contributed by atoms with van der Waals surface area (Å²) in [6.07, 6.45) is 0.222. The number of nitrogens with one attached hydrogen (secondary N) is 1. The van der Waals surface area contributed by atoms with Crippen molar-refractivity contribution in [3.8, 4) is 11.3 Å². The predicted molar refractivity (Wildman–Crippen MR) is 111 cm³/mol. The zero-order valence-electron chi connectivity index (χ0n) is 15.9. The lowest BCUT2D eigenvalue weighted by atomic mass is 10.1. The highest BCUT2D eigenvalue weighted by atomic mass is 32.1. The van der Waals surface area contributed by atoms with Gasteiger partial charge in [0.2, 0.25) is 5.95 Å². The third-order valence-corrected chi connectivity index (χ3v) is 5.28. The number of hydrogen-bond acceptors (Lipinski definition) is 6. The molecule has 0 bridgehead atoms. The van der Waals surface area contributed by atoms with Gasteiger partial charge in [-0.1, -0.05) is 19.1 Å². The fourth-order valence-corrected chi connectivity index (χ4v) is 3.77. The zero-order chi connectivity index (χ0) is 20.1. The van der Waals surface area contributed by atoms with Crippen molar-refractivity contribution < 1.29 is 14.3 Å². The first-order valence-corrected chi connectivity index (χ1v) is 10.0. The van der Waals surface area contributed by atoms with E-state index in [4.69, 9.17) is 15.1 Å². The molecule has 0 radical (unpaired) electrons. The van der Waals surface area contributed by atoms with Crippen LogP contribution in [0.1, 0.15) is 18.2 Å². The number of carboxylic acid groups (broad SMARTS) is 1. The van der Waals surface area contributed by atoms with Crippen LogP contribution in [-0.2, 0) is 4.79 Å². The van der Waals surface area contributed by atoms with E-state index in [0.29, 0.717) is 17.2 Å². The van der Waals surface area contributed by atoms with Crippen LogP contribution >= 0.6 is 11.3 Å². The summed E-state index contributed by atoms with van der Waals surface area (Å²) in [5.74, 6) is -0.299. The van der Waals surface area contributed by atoms with E-state index in [9.17, 15) is 9.18 Å². The van der Waals surface area contributed by atoms with Crippen molar-refractivity contribution >= 4 is 33.5 Å². The molecule has 3 aromatic rings. The van der Waals surface area contributed by atoms with Gasteiger partial charge in [0.25, 0.3) is 0 Å². The number of aryl methyl sites for hydroxylation is 1. The third-order valence-electron chi connectivity index (χ3n) is 4.34. The summed E-state index contributed by atoms with van der Waals surface area (Å²) in [7, 11) is 0. The van der Waals surface area contributed by atoms with E-state index in [1.54, 1.807) is 30.4 Å². The van der Waals surface area contributed by atoms with Gasteiger partial charge in [-0.05, 0) is 25.1 Å². The van der Waals surface area contributed by atoms with Gasteiger partial charge < -0.3 is 15.3 Å². The van der Waals surface area contributed by atoms with Crippen LogP contribution in [0.25, 0.3) is 21.5 Å². The molecule has 0 amide bonds. The molecule has 1 saturated heterocycles. The molecule has 0 saturated carbocycles. The van der Waals surface area contributed by atoms with Gasteiger partial charge in [0.05, 0.1) is 5.69 Å². The number of rotatable bonds is 3. The minimum absolute atomic E-state index is 0.222. The molecule has 148 valence electrons. The average Bonchev–Trinajstić information content (AvgIpc) is 3.09. The van der Waals surface area contributed by atoms with Crippen molar-refractivity contribution in [3.05, 3.63) is 41.0 Å². The quantitative estimate of drug-likeness (QED) is 0.696. The number of aliphatic carboxylic acids is 1. The Balaban J connectivity index is 0.000000403. The Bertz CT molecular complexity index is 970. The number of benzene rings is 1. The lowest BCUT2D eigenvalue weighted by Gasteiger charge is -2.27. The summed E-state index contributed by atoms with van der Waals surface area (Å²) in [5.41, 5.74) is 1.22. The fraction of sp³-hybridized carbons (Fsp3) is 0.350. The Kier molecular flexibility index (Phi) is 6.53. The van der Waals surface area contributed by atoms with Gasteiger partial charge in [-0.25, -0.2) is 14.4 Å². The SMILES string of the molecule is CCC(=O)O.Cc1cc2c(-c3ccccc3F)nc(N3CCNCC3)nc2s1. The molecule has 4 rings (SSSR count). The summed E-state index contributed by atoms with van der Waals surface area (Å²) >= 11 is 1.63. The minimum atomic E-state index is -0.745. The number of nitrogens with zero attached hydrogens (tertiary/aromatic N) is 3. The van der Waals surface area contributed by atoms with E-state index >= 15 is 0 Å². The molecular weight excluding hydrogens is 379 g/mol. The highest BCUT2D eigenvalue weighted by Gasteiger charge is 2.19. The number of hydrogen-bond donors (Lipinski definition) is 2. The molecule has 3 heterocycles. The normalized spacial score (nSPS) is 13.9. The van der Waals surface area contributed by atoms with Crippen LogP contribution in [0.3, 0.4) is 0 Å². The van der Waals surface area contributed by atoms with Gasteiger partial charge in [0.15, 0.2) is 0 Å². The number of thiophene rings is 1. The highest BCUT2D eigenvalue weighted by molar-refractivity contribution is 7.18. The zero-order valence-corrected chi connectivity index (χ0v) is 16.7. The van der Waals surface area contributed by atoms with Crippen LogP contribution in [0, 0.1) is 12.7 Å². The third kappa shape index (κ3) is 4.63. The Morgan fingerprint density at radius 3 is 2.61 bits per heavy atom. The molecule has 1 aliphatic rings. The molecule has 0 atom stereocenters. The van der Waals surface area contributed by atoms with Gasteiger partial charge >= 0.3 is 5.97 Å². The van der Waals surface area contributed by atoms with Crippen molar-refractivity contribution in [1.82, 2.24) is 15.3 Å². The standard InChI is InChI=1S/C17H17FN4S.C3H6O2/c1-11-10-13-15(12-4-2-3-5-14(12)18)20-17(21-16(13)23-11)22-8-6-19-7-9-22;1-2-3(4)5/h2-5,10,19H,6-9H2,1H3;2H2,1H3,(H,4,5). The monoisotopic (exact) mass is 402 g/mol. The summed E-state index contributed by atoms with van der Waals surface area (Å²) in [6.45, 7) is 7.21. The van der Waals surface area contributed by atoms with Crippen LogP contribution in [0.15, 0.2) is 30.3 Å². The number of carboxylic acids is 1. The number of piperazine rings is 1. The molecule has 0 spiro atoms. The maximum absolute atomic E-state index is 14.3. The van der Waals surface area contributed by atoms with Crippen molar-refractivity contribution in [2.45, 2.75) is 20.3 Å². The van der Waals surface area contributed by atoms with E-state index in [-0.39, 0.29) is 12.2 Å². The number of anilines is 1. The van der Waals surface area contributed by atoms with E-state index < -0.39 is 5.97 Å². The number of aromatic nitrogens is 2. The summed E-state index contributed by atoms with van der Waals surface area (Å²) in [5, 5.41) is 12.0. The topological polar surface area (TPSA) is 78.3 Å². The molecule has 1 aliphatic heterocycles. The number of halogens is 1. The smallest absolute Gasteiger partial charge is 0.303 e. The van der Waals surface area contributed by atoms with E-state index in [0.717, 1.165) is 41.3 Å². The van der Waals surface area contributed by atoms with Crippen LogP contribution < -0.4 is 10.2 Å². The first-order valence-electron chi connectivity index (χ1n) is 9.20. The Morgan fingerprint density at radius 1 is 1.29 bits per heavy atom. The van der Waals surface area contributed by atoms with E-state index in [1.165, 1.54) is 6.07 Å². The van der Waals surface area contributed by atoms with Gasteiger partial charge in [0.1, 0.15) is 10.6 Å². The average molecular weight is 402 g/mol. The molecule has 0 unspecified atom stereocenters. The Morgan fingerprint density at radius 2 is 1.96 bits per heavy atom. The molecule has 2 N–H and O–H groups in total. The molecule has 0 aliphatic carbocycles. The van der Waals surface area contributed by atoms with Crippen LogP contribution in [0.2, 0.25) is 0 Å². The second kappa shape index (κ2) is 9.07. The van der Waals surface area contributed by atoms with Gasteiger partial charge in [-0.15, -0.1) is 11.3 Å². The van der Waals surface area contributed by atoms with Gasteiger partial charge in [-0.3, -0.25) is 4.79 Å². The van der Waals surface area contributed by atoms with Crippen molar-refractivity contribution in [2.24, 2.45) is 0 Å². The lowest BCUT2D eigenvalue weighted by molar-refractivity contribution is -0.136. The lowest BCUT2D eigenvalue weighted by Crippen LogP contribution is -2.44. The van der Waals surface area contributed by atoms with Crippen molar-refractivity contribution in [2.75, 3.05) is 31.1 Å². The summed E-state index contributed by atoms with van der Waals surface area (Å²) in [4.78, 5) is 23.0. The van der Waals surface area contributed by atoms with Gasteiger partial charge in [0, 0.05) is 48.4 Å². The predicted octanol–water partition coefficient (Wildman–Crippen LogP) is 3.70. The van der Waals surface area contributed by atoms with E-state index in [1.807, 2.05) is 19.1 Å². The van der Waals surface area contributed by atoms with Crippen LogP contribution in [0.4, 0.5) is 10.3 Å². The second-order valence-electron chi connectivity index (χ2n) is 6.41. The Labute approximate surface area is 167 Å². The molecule has 2 aromatic heterocycles. The highest BCUT2D eigenvalue weighted by Crippen LogP contribution is 2.34. The summed E-state index contributed by atoms with van der Waals surface area (Å²) < 4.78 is 14.3. The maximum atomic E-state index is 14.3. The van der Waals surface area contributed by atoms with Crippen molar-refractivity contribution in [3.63, 3.8) is 0 Å². The largest absolute Gasteiger partial charge is 0.481 e. The first kappa shape index (κ1) is 20.2. The molecule has 6 nitrogen and oxygen atoms in total. The fourth-order valence-electron chi connectivity index (χ4n) is 2.90. The first-order chi connectivity index (χ1) is 13.5. The molecule has 1 fully saturated rings. The number of fused-ring (bicyclic) bond motifs is 1. The van der Waals surface area contributed by atoms with E-state index in [2.05, 4.69) is 10.2 Å². The van der Waals surface area contributed by atoms with Gasteiger partial charge in [-0.2, -0.15) is 0 Å². The Hall–Kier alpha value is -2.58. The summed E-state index contributed by atoms with van der Waals surface area (Å²) in [6, 6.07) is 8.85. The van der Waals surface area contributed by atoms with Crippen LogP contribution in [-0.4, -0.2) is 47.2 Å². The second-order valence-corrected chi connectivity index (χ2v) is 7.65. The molecule has 8 heteroatoms. The van der Waals surface area contributed by atoms with Crippen molar-refractivity contribution in [1.29, 1.82) is 0 Å². The number of carbonyl (C=O) groups is 1. The van der Waals surface area contributed by atoms with Crippen LogP contribution in [0.5, 0.6) is 0 Å². The minimum Gasteiger partial charge on any atom is -0.481 e. The molecule has 28 heavy (non-hydrogen) atoms. The maximum Gasteiger partial charge on any atom is 0.303 e.